The maximum atomic E-state index is 13.3. The van der Waals surface area contributed by atoms with Gasteiger partial charge in [0.25, 0.3) is 15.6 Å². The quantitative estimate of drug-likeness (QED) is 0.364. The Hall–Kier alpha value is -3.54. The minimum absolute atomic E-state index is 0.0794. The molecule has 0 amide bonds. The fraction of sp³-hybridized carbons (Fsp3) is 0.0500. The van der Waals surface area contributed by atoms with E-state index in [1.165, 1.54) is 41.0 Å². The molecule has 0 fully saturated rings. The van der Waals surface area contributed by atoms with Crippen molar-refractivity contribution < 1.29 is 18.3 Å². The van der Waals surface area contributed by atoms with Crippen molar-refractivity contribution in [3.8, 4) is 5.82 Å². The normalized spacial score (nSPS) is 11.6. The highest BCUT2D eigenvalue weighted by Gasteiger charge is 2.28. The molecule has 2 heterocycles. The number of nitrogens with one attached hydrogen (secondary N) is 2. The summed E-state index contributed by atoms with van der Waals surface area (Å²) in [6.45, 7) is -0.847. The molecule has 0 bridgehead atoms. The van der Waals surface area contributed by atoms with Crippen molar-refractivity contribution in [2.75, 3.05) is 10.8 Å². The third kappa shape index (κ3) is 4.51. The lowest BCUT2D eigenvalue weighted by Crippen LogP contribution is -2.35. The minimum atomic E-state index is -4.34. The van der Waals surface area contributed by atoms with E-state index in [2.05, 4.69) is 9.97 Å². The summed E-state index contributed by atoms with van der Waals surface area (Å²) < 4.78 is 28.8. The fourth-order valence-electron chi connectivity index (χ4n) is 3.32. The molecule has 33 heavy (non-hydrogen) atoms. The second-order valence-corrected chi connectivity index (χ2v) is 9.65. The van der Waals surface area contributed by atoms with Crippen LogP contribution in [0.25, 0.3) is 16.7 Å². The molecular weight excluding hydrogens is 495 g/mol. The first-order valence-electron chi connectivity index (χ1n) is 9.20. The topological polar surface area (TPSA) is 145 Å². The number of nitrogens with zero attached hydrogens (tertiary/aromatic N) is 2. The van der Waals surface area contributed by atoms with E-state index >= 15 is 0 Å². The number of aromatic amines is 2. The van der Waals surface area contributed by atoms with Crippen LogP contribution in [0.15, 0.2) is 69.2 Å². The van der Waals surface area contributed by atoms with Crippen molar-refractivity contribution in [2.24, 2.45) is 0 Å². The van der Waals surface area contributed by atoms with Crippen LogP contribution < -0.4 is 15.6 Å². The van der Waals surface area contributed by atoms with Crippen LogP contribution in [-0.4, -0.2) is 40.6 Å². The summed E-state index contributed by atoms with van der Waals surface area (Å²) in [7, 11) is -4.34. The van der Waals surface area contributed by atoms with Crippen LogP contribution in [0.4, 0.5) is 5.69 Å². The lowest BCUT2D eigenvalue weighted by atomic mass is 10.2. The molecule has 13 heteroatoms. The number of aliphatic carboxylic acids is 1. The molecule has 0 saturated heterocycles. The summed E-state index contributed by atoms with van der Waals surface area (Å²) in [6, 6.07) is 11.0. The molecule has 0 aliphatic carbocycles. The van der Waals surface area contributed by atoms with Crippen LogP contribution in [0.2, 0.25) is 10.0 Å². The van der Waals surface area contributed by atoms with Gasteiger partial charge < -0.3 is 9.67 Å². The molecule has 4 aromatic rings. The largest absolute Gasteiger partial charge is 0.480 e. The van der Waals surface area contributed by atoms with Crippen LogP contribution in [0, 0.1) is 0 Å². The maximum absolute atomic E-state index is 13.3. The SMILES string of the molecule is O=C(O)CN(c1ccc2c(ccn2-c2cc(=O)[nH]c(=O)[nH]2)c1)S(=O)(=O)c1cc(Cl)cc(Cl)c1. The fourth-order valence-corrected chi connectivity index (χ4v) is 5.46. The van der Waals surface area contributed by atoms with Gasteiger partial charge >= 0.3 is 11.7 Å². The third-order valence-corrected chi connectivity index (χ3v) is 6.86. The van der Waals surface area contributed by atoms with Gasteiger partial charge in [-0.2, -0.15) is 0 Å². The molecule has 2 aromatic carbocycles. The molecular formula is C20H14Cl2N4O6S. The van der Waals surface area contributed by atoms with E-state index in [1.54, 1.807) is 18.3 Å². The number of fused-ring (bicyclic) bond motifs is 1. The second kappa shape index (κ2) is 8.43. The standard InChI is InChI=1S/C20H14Cl2N4O6S/c21-12-6-13(22)8-15(7-12)33(31,32)26(10-19(28)29)14-1-2-16-11(5-14)3-4-25(16)17-9-18(27)24-20(30)23-17/h1-9H,10H2,(H,28,29)(H2,23,24,27,30). The van der Waals surface area contributed by atoms with Crippen LogP contribution >= 0.6 is 23.2 Å². The first-order chi connectivity index (χ1) is 15.5. The molecule has 2 aromatic heterocycles. The number of anilines is 1. The summed E-state index contributed by atoms with van der Waals surface area (Å²) in [5, 5.41) is 10.0. The number of carboxylic acids is 1. The Morgan fingerprint density at radius 1 is 1.00 bits per heavy atom. The third-order valence-electron chi connectivity index (χ3n) is 4.67. The molecule has 0 atom stereocenters. The Morgan fingerprint density at radius 3 is 2.33 bits per heavy atom. The zero-order valence-corrected chi connectivity index (χ0v) is 18.8. The molecule has 0 unspecified atom stereocenters. The van der Waals surface area contributed by atoms with Crippen molar-refractivity contribution in [1.29, 1.82) is 0 Å². The van der Waals surface area contributed by atoms with Crippen LogP contribution in [0.3, 0.4) is 0 Å². The number of halogens is 2. The van der Waals surface area contributed by atoms with E-state index in [9.17, 15) is 27.9 Å². The van der Waals surface area contributed by atoms with Crippen molar-refractivity contribution in [3.63, 3.8) is 0 Å². The van der Waals surface area contributed by atoms with Gasteiger partial charge in [0, 0.05) is 27.7 Å². The average Bonchev–Trinajstić information content (AvgIpc) is 3.13. The van der Waals surface area contributed by atoms with Gasteiger partial charge in [0.15, 0.2) is 0 Å². The van der Waals surface area contributed by atoms with Crippen molar-refractivity contribution >= 4 is 55.8 Å². The van der Waals surface area contributed by atoms with Crippen LogP contribution in [0.1, 0.15) is 0 Å². The smallest absolute Gasteiger partial charge is 0.327 e. The number of hydrogen-bond acceptors (Lipinski definition) is 5. The van der Waals surface area contributed by atoms with E-state index in [1.807, 2.05) is 0 Å². The Labute approximate surface area is 195 Å². The number of aromatic nitrogens is 3. The molecule has 10 nitrogen and oxygen atoms in total. The zero-order valence-electron chi connectivity index (χ0n) is 16.5. The number of sulfonamides is 1. The summed E-state index contributed by atoms with van der Waals surface area (Å²) in [6.07, 6.45) is 1.58. The molecule has 0 spiro atoms. The second-order valence-electron chi connectivity index (χ2n) is 6.91. The van der Waals surface area contributed by atoms with Crippen LogP contribution in [-0.2, 0) is 14.8 Å². The number of carbonyl (C=O) groups is 1. The number of carboxylic acid groups (broad SMARTS) is 1. The average molecular weight is 509 g/mol. The predicted octanol–water partition coefficient (Wildman–Crippen LogP) is 2.59. The summed E-state index contributed by atoms with van der Waals surface area (Å²) >= 11 is 11.9. The van der Waals surface area contributed by atoms with E-state index in [0.717, 1.165) is 4.31 Å². The van der Waals surface area contributed by atoms with E-state index in [4.69, 9.17) is 23.2 Å². The lowest BCUT2D eigenvalue weighted by molar-refractivity contribution is -0.135. The van der Waals surface area contributed by atoms with Crippen molar-refractivity contribution in [2.45, 2.75) is 4.90 Å². The zero-order chi connectivity index (χ0) is 23.9. The predicted molar refractivity (Wildman–Crippen MR) is 123 cm³/mol. The van der Waals surface area contributed by atoms with Gasteiger partial charge in [-0.1, -0.05) is 23.2 Å². The molecule has 0 aliphatic heterocycles. The van der Waals surface area contributed by atoms with Crippen molar-refractivity contribution in [1.82, 2.24) is 14.5 Å². The number of benzene rings is 2. The lowest BCUT2D eigenvalue weighted by Gasteiger charge is -2.23. The Bertz CT molecular complexity index is 1580. The molecule has 0 aliphatic rings. The Balaban J connectivity index is 1.84. The minimum Gasteiger partial charge on any atom is -0.480 e. The highest BCUT2D eigenvalue weighted by Crippen LogP contribution is 2.30. The summed E-state index contributed by atoms with van der Waals surface area (Å²) in [4.78, 5) is 39.1. The molecule has 3 N–H and O–H groups in total. The number of H-pyrrole nitrogens is 2. The molecule has 0 saturated carbocycles. The van der Waals surface area contributed by atoms with Gasteiger partial charge in [-0.25, -0.2) is 13.2 Å². The number of rotatable bonds is 6. The molecule has 4 rings (SSSR count). The Morgan fingerprint density at radius 2 is 1.70 bits per heavy atom. The van der Waals surface area contributed by atoms with Gasteiger partial charge in [0.1, 0.15) is 12.4 Å². The monoisotopic (exact) mass is 508 g/mol. The van der Waals surface area contributed by atoms with Crippen LogP contribution in [0.5, 0.6) is 0 Å². The molecule has 0 radical (unpaired) electrons. The van der Waals surface area contributed by atoms with Gasteiger partial charge in [-0.05, 0) is 42.5 Å². The van der Waals surface area contributed by atoms with Gasteiger partial charge in [-0.15, -0.1) is 0 Å². The van der Waals surface area contributed by atoms with Crippen molar-refractivity contribution in [3.05, 3.63) is 85.6 Å². The first kappa shape index (κ1) is 22.6. The summed E-state index contributed by atoms with van der Waals surface area (Å²) in [5.74, 6) is -1.17. The van der Waals surface area contributed by atoms with E-state index in [0.29, 0.717) is 10.9 Å². The maximum Gasteiger partial charge on any atom is 0.327 e. The number of hydrogen-bond donors (Lipinski definition) is 3. The van der Waals surface area contributed by atoms with E-state index in [-0.39, 0.29) is 26.4 Å². The van der Waals surface area contributed by atoms with E-state index < -0.39 is 33.8 Å². The van der Waals surface area contributed by atoms with Gasteiger partial charge in [-0.3, -0.25) is 23.9 Å². The highest BCUT2D eigenvalue weighted by atomic mass is 35.5. The van der Waals surface area contributed by atoms with Gasteiger partial charge in [0.05, 0.1) is 16.1 Å². The summed E-state index contributed by atoms with van der Waals surface area (Å²) in [5.41, 5.74) is -0.655. The molecule has 170 valence electrons. The highest BCUT2D eigenvalue weighted by molar-refractivity contribution is 7.92. The van der Waals surface area contributed by atoms with Gasteiger partial charge in [0.2, 0.25) is 0 Å². The Kier molecular flexibility index (Phi) is 5.78. The first-order valence-corrected chi connectivity index (χ1v) is 11.4.